The van der Waals surface area contributed by atoms with Gasteiger partial charge in [-0.15, -0.1) is 0 Å². The van der Waals surface area contributed by atoms with Gasteiger partial charge < -0.3 is 8.85 Å². The Morgan fingerprint density at radius 3 is 2.06 bits per heavy atom. The number of hydrogen-bond acceptors (Lipinski definition) is 4. The summed E-state index contributed by atoms with van der Waals surface area (Å²) in [4.78, 5) is 15.3. The predicted octanol–water partition coefficient (Wildman–Crippen LogP) is 7.64. The fraction of sp³-hybridized carbons (Fsp3) is 0.500. The zero-order valence-electron chi connectivity index (χ0n) is 20.9. The van der Waals surface area contributed by atoms with Crippen LogP contribution in [0.15, 0.2) is 53.6 Å². The molecular weight excluding hydrogens is 458 g/mol. The summed E-state index contributed by atoms with van der Waals surface area (Å²) >= 11 is 0. The van der Waals surface area contributed by atoms with Crippen LogP contribution >= 0.6 is 0 Å². The highest BCUT2D eigenvalue weighted by Gasteiger charge is 2.32. The number of esters is 1. The van der Waals surface area contributed by atoms with Gasteiger partial charge in [-0.1, -0.05) is 60.1 Å². The minimum atomic E-state index is -1.79. The fourth-order valence-electron chi connectivity index (χ4n) is 4.98. The van der Waals surface area contributed by atoms with Crippen molar-refractivity contribution in [2.24, 2.45) is 5.11 Å². The lowest BCUT2D eigenvalue weighted by Crippen LogP contribution is -2.44. The van der Waals surface area contributed by atoms with Gasteiger partial charge in [0.25, 0.3) is 0 Å². The van der Waals surface area contributed by atoms with E-state index < -0.39 is 16.6 Å². The molecule has 34 heavy (non-hydrogen) atoms. The molecule has 3 rings (SSSR count). The van der Waals surface area contributed by atoms with Crippen molar-refractivity contribution in [1.29, 1.82) is 0 Å². The Morgan fingerprint density at radius 1 is 0.912 bits per heavy atom. The van der Waals surface area contributed by atoms with Crippen molar-refractivity contribution in [3.63, 3.8) is 0 Å². The van der Waals surface area contributed by atoms with Gasteiger partial charge in [0, 0.05) is 23.8 Å². The van der Waals surface area contributed by atoms with Crippen LogP contribution in [0.2, 0.25) is 38.3 Å². The van der Waals surface area contributed by atoms with E-state index in [1.54, 1.807) is 0 Å². The largest absolute Gasteiger partial charge is 0.465 e. The first-order chi connectivity index (χ1) is 16.2. The average Bonchev–Trinajstić information content (AvgIpc) is 3.11. The van der Waals surface area contributed by atoms with E-state index in [0.29, 0.717) is 19.6 Å². The van der Waals surface area contributed by atoms with Crippen LogP contribution in [-0.2, 0) is 13.6 Å². The van der Waals surface area contributed by atoms with Crippen molar-refractivity contribution in [3.8, 4) is 11.1 Å². The van der Waals surface area contributed by atoms with Crippen LogP contribution in [0.3, 0.4) is 0 Å². The van der Waals surface area contributed by atoms with Crippen LogP contribution < -0.4 is 0 Å². The third-order valence-electron chi connectivity index (χ3n) is 6.44. The van der Waals surface area contributed by atoms with E-state index >= 15 is 0 Å². The number of benzene rings is 2. The summed E-state index contributed by atoms with van der Waals surface area (Å²) < 4.78 is 12.4. The van der Waals surface area contributed by atoms with Gasteiger partial charge in [-0.05, 0) is 78.9 Å². The highest BCUT2D eigenvalue weighted by Crippen LogP contribution is 2.44. The lowest BCUT2D eigenvalue weighted by atomic mass is 9.98. The summed E-state index contributed by atoms with van der Waals surface area (Å²) in [6.07, 6.45) is 3.14. The monoisotopic (exact) mass is 495 g/mol. The molecule has 0 radical (unpaired) electrons. The smallest absolute Gasteiger partial charge is 0.305 e. The lowest BCUT2D eigenvalue weighted by molar-refractivity contribution is -0.144. The summed E-state index contributed by atoms with van der Waals surface area (Å²) in [5, 5.41) is 3.63. The molecule has 0 unspecified atom stereocenters. The van der Waals surface area contributed by atoms with Gasteiger partial charge >= 0.3 is 5.97 Å². The Bertz CT molecular complexity index is 990. The molecule has 0 amide bonds. The third kappa shape index (κ3) is 7.30. The van der Waals surface area contributed by atoms with Crippen molar-refractivity contribution in [2.75, 3.05) is 13.2 Å². The van der Waals surface area contributed by atoms with Crippen LogP contribution in [-0.4, -0.2) is 35.8 Å². The number of unbranched alkanes of at least 4 members (excludes halogenated alkanes) is 1. The van der Waals surface area contributed by atoms with Crippen LogP contribution in [0.25, 0.3) is 21.6 Å². The first kappa shape index (κ1) is 26.2. The van der Waals surface area contributed by atoms with E-state index in [-0.39, 0.29) is 11.9 Å². The Morgan fingerprint density at radius 2 is 1.47 bits per heavy atom. The molecule has 0 N–H and O–H groups in total. The average molecular weight is 496 g/mol. The SMILES string of the molecule is C[Si](C)(CCCCC(=O)OCC1c2ccccc2-c2ccccc21)O[Si](C)(C)CCCN=[N+]=[N-]. The van der Waals surface area contributed by atoms with Gasteiger partial charge in [-0.2, -0.15) is 0 Å². The molecule has 0 aliphatic heterocycles. The number of carbonyl (C=O) groups is 1. The molecule has 0 fully saturated rings. The maximum atomic E-state index is 12.5. The fourth-order valence-corrected chi connectivity index (χ4v) is 13.9. The zero-order valence-corrected chi connectivity index (χ0v) is 22.9. The van der Waals surface area contributed by atoms with Crippen LogP contribution in [0, 0.1) is 0 Å². The molecule has 2 aromatic rings. The normalized spacial score (nSPS) is 13.2. The number of nitrogens with zero attached hydrogens (tertiary/aromatic N) is 3. The molecular formula is C26H37N3O3Si2. The van der Waals surface area contributed by atoms with E-state index in [0.717, 1.165) is 31.4 Å². The van der Waals surface area contributed by atoms with Gasteiger partial charge in [0.2, 0.25) is 0 Å². The standard InChI is InChI=1S/C26H37N3O3Si2/c1-33(2,32-34(3,4)19-11-17-28-29-27)18-10-9-16-26(30)31-20-25-23-14-7-5-12-21(23)22-13-6-8-15-24(22)25/h5-8,12-15,25H,9-11,16-20H2,1-4H3. The van der Waals surface area contributed by atoms with Crippen LogP contribution in [0.4, 0.5) is 0 Å². The van der Waals surface area contributed by atoms with E-state index in [4.69, 9.17) is 14.4 Å². The summed E-state index contributed by atoms with van der Waals surface area (Å²) in [5.74, 6) is -0.00265. The molecule has 0 heterocycles. The van der Waals surface area contributed by atoms with E-state index in [2.05, 4.69) is 84.7 Å². The second-order valence-corrected chi connectivity index (χ2v) is 19.2. The highest BCUT2D eigenvalue weighted by molar-refractivity contribution is 6.84. The van der Waals surface area contributed by atoms with E-state index in [1.165, 1.54) is 22.3 Å². The summed E-state index contributed by atoms with van der Waals surface area (Å²) in [7, 11) is -3.56. The number of rotatable bonds is 13. The van der Waals surface area contributed by atoms with Gasteiger partial charge in [-0.3, -0.25) is 4.79 Å². The van der Waals surface area contributed by atoms with Gasteiger partial charge in [0.15, 0.2) is 16.6 Å². The molecule has 6 nitrogen and oxygen atoms in total. The number of hydrogen-bond donors (Lipinski definition) is 0. The van der Waals surface area contributed by atoms with Gasteiger partial charge in [-0.25, -0.2) is 0 Å². The predicted molar refractivity (Wildman–Crippen MR) is 143 cm³/mol. The summed E-state index contributed by atoms with van der Waals surface area (Å²) in [5.41, 5.74) is 13.4. The molecule has 0 saturated carbocycles. The van der Waals surface area contributed by atoms with Crippen molar-refractivity contribution >= 4 is 22.6 Å². The minimum Gasteiger partial charge on any atom is -0.465 e. The lowest BCUT2D eigenvalue weighted by Gasteiger charge is -2.34. The minimum absolute atomic E-state index is 0.113. The molecule has 1 aliphatic carbocycles. The van der Waals surface area contributed by atoms with E-state index in [1.807, 2.05) is 0 Å². The summed E-state index contributed by atoms with van der Waals surface area (Å²) in [6.45, 7) is 9.96. The molecule has 1 aliphatic rings. The second-order valence-electron chi connectivity index (χ2n) is 10.3. The third-order valence-corrected chi connectivity index (χ3v) is 14.0. The number of azide groups is 1. The van der Waals surface area contributed by atoms with Crippen LogP contribution in [0.5, 0.6) is 0 Å². The topological polar surface area (TPSA) is 84.3 Å². The number of carbonyl (C=O) groups excluding carboxylic acids is 1. The Kier molecular flexibility index (Phi) is 9.13. The maximum absolute atomic E-state index is 12.5. The molecule has 0 aromatic heterocycles. The molecule has 8 heteroatoms. The first-order valence-electron chi connectivity index (χ1n) is 12.3. The van der Waals surface area contributed by atoms with Crippen molar-refractivity contribution < 1.29 is 13.6 Å². The molecule has 182 valence electrons. The van der Waals surface area contributed by atoms with Gasteiger partial charge in [0.05, 0.1) is 0 Å². The van der Waals surface area contributed by atoms with Crippen molar-refractivity contribution in [2.45, 2.75) is 69.9 Å². The Hall–Kier alpha value is -2.39. The molecule has 2 aromatic carbocycles. The Labute approximate surface area is 205 Å². The molecule has 0 spiro atoms. The van der Waals surface area contributed by atoms with Crippen molar-refractivity contribution in [3.05, 3.63) is 70.1 Å². The molecule has 0 atom stereocenters. The van der Waals surface area contributed by atoms with Gasteiger partial charge in [0.1, 0.15) is 6.61 Å². The molecule has 0 bridgehead atoms. The quantitative estimate of drug-likeness (QED) is 0.0714. The maximum Gasteiger partial charge on any atom is 0.305 e. The number of fused-ring (bicyclic) bond motifs is 3. The van der Waals surface area contributed by atoms with E-state index in [9.17, 15) is 4.79 Å². The van der Waals surface area contributed by atoms with Crippen LogP contribution in [0.1, 0.15) is 42.7 Å². The Balaban J connectivity index is 1.41. The zero-order chi connectivity index (χ0) is 24.6. The second kappa shape index (κ2) is 11.8. The summed E-state index contributed by atoms with van der Waals surface area (Å²) in [6, 6.07) is 18.8. The highest BCUT2D eigenvalue weighted by atomic mass is 28.4. The molecule has 0 saturated heterocycles. The number of ether oxygens (including phenoxy) is 1. The first-order valence-corrected chi connectivity index (χ1v) is 18.5. The van der Waals surface area contributed by atoms with Crippen molar-refractivity contribution in [1.82, 2.24) is 0 Å².